The number of hydrogen-bond donors (Lipinski definition) is 2. The van der Waals surface area contributed by atoms with Crippen molar-refractivity contribution in [1.82, 2.24) is 10.6 Å². The Balaban J connectivity index is 1.51. The maximum Gasteiger partial charge on any atom is 0.251 e. The highest BCUT2D eigenvalue weighted by Crippen LogP contribution is 2.47. The second-order valence-corrected chi connectivity index (χ2v) is 6.29. The van der Waals surface area contributed by atoms with Gasteiger partial charge in [-0.05, 0) is 49.1 Å². The van der Waals surface area contributed by atoms with E-state index in [1.807, 2.05) is 31.2 Å². The zero-order chi connectivity index (χ0) is 16.2. The van der Waals surface area contributed by atoms with Gasteiger partial charge in [0.2, 0.25) is 0 Å². The zero-order valence-electron chi connectivity index (χ0n) is 13.8. The predicted molar refractivity (Wildman–Crippen MR) is 90.2 cm³/mol. The van der Waals surface area contributed by atoms with E-state index in [4.69, 9.17) is 4.42 Å². The molecule has 1 aliphatic rings. The minimum atomic E-state index is -0.0245. The van der Waals surface area contributed by atoms with Crippen molar-refractivity contribution in [2.45, 2.75) is 39.3 Å². The Bertz CT molecular complexity index is 678. The Morgan fingerprint density at radius 2 is 2.09 bits per heavy atom. The standard InChI is InChI=1S/C19H24N2O2/c1-3-21-19(22)15-6-4-5-14(10-15)11-20-12-16-7-8-18(23-16)17-9-13(17)2/h4-8,10,13,17,20H,3,9,11-12H2,1-2H3,(H,21,22). The van der Waals surface area contributed by atoms with Gasteiger partial charge in [-0.2, -0.15) is 0 Å². The molecule has 122 valence electrons. The zero-order valence-corrected chi connectivity index (χ0v) is 13.8. The molecule has 1 heterocycles. The quantitative estimate of drug-likeness (QED) is 0.823. The molecule has 4 nitrogen and oxygen atoms in total. The molecule has 0 radical (unpaired) electrons. The highest BCUT2D eigenvalue weighted by molar-refractivity contribution is 5.94. The third-order valence-electron chi connectivity index (χ3n) is 4.31. The smallest absolute Gasteiger partial charge is 0.251 e. The van der Waals surface area contributed by atoms with E-state index in [1.54, 1.807) is 0 Å². The molecule has 1 aromatic carbocycles. The second kappa shape index (κ2) is 7.01. The van der Waals surface area contributed by atoms with Crippen LogP contribution in [-0.4, -0.2) is 12.5 Å². The van der Waals surface area contributed by atoms with Crippen LogP contribution in [0.25, 0.3) is 0 Å². The predicted octanol–water partition coefficient (Wildman–Crippen LogP) is 3.44. The Morgan fingerprint density at radius 1 is 1.26 bits per heavy atom. The first-order valence-corrected chi connectivity index (χ1v) is 8.34. The van der Waals surface area contributed by atoms with Crippen LogP contribution in [0.15, 0.2) is 40.8 Å². The number of carbonyl (C=O) groups excluding carboxylic acids is 1. The van der Waals surface area contributed by atoms with Crippen LogP contribution in [0.3, 0.4) is 0 Å². The molecule has 1 saturated carbocycles. The molecule has 3 rings (SSSR count). The molecule has 2 atom stereocenters. The molecule has 0 aliphatic heterocycles. The van der Waals surface area contributed by atoms with Crippen LogP contribution in [0.1, 0.15) is 53.6 Å². The monoisotopic (exact) mass is 312 g/mol. The number of amides is 1. The molecule has 1 aliphatic carbocycles. The molecule has 0 spiro atoms. The van der Waals surface area contributed by atoms with Crippen LogP contribution in [0, 0.1) is 5.92 Å². The van der Waals surface area contributed by atoms with E-state index in [9.17, 15) is 4.79 Å². The van der Waals surface area contributed by atoms with Gasteiger partial charge in [-0.1, -0.05) is 19.1 Å². The Morgan fingerprint density at radius 3 is 2.83 bits per heavy atom. The van der Waals surface area contributed by atoms with Gasteiger partial charge in [-0.25, -0.2) is 0 Å². The molecular weight excluding hydrogens is 288 g/mol. The van der Waals surface area contributed by atoms with Crippen LogP contribution in [0.4, 0.5) is 0 Å². The fourth-order valence-electron chi connectivity index (χ4n) is 2.82. The van der Waals surface area contributed by atoms with Crippen molar-refractivity contribution in [3.05, 3.63) is 59.0 Å². The molecule has 2 unspecified atom stereocenters. The van der Waals surface area contributed by atoms with Crippen molar-refractivity contribution in [2.24, 2.45) is 5.92 Å². The van der Waals surface area contributed by atoms with Crippen molar-refractivity contribution < 1.29 is 9.21 Å². The van der Waals surface area contributed by atoms with Crippen LogP contribution in [-0.2, 0) is 13.1 Å². The highest BCUT2D eigenvalue weighted by atomic mass is 16.3. The van der Waals surface area contributed by atoms with Gasteiger partial charge in [-0.3, -0.25) is 4.79 Å². The summed E-state index contributed by atoms with van der Waals surface area (Å²) in [4.78, 5) is 11.8. The lowest BCUT2D eigenvalue weighted by Gasteiger charge is -2.06. The number of carbonyl (C=O) groups is 1. The summed E-state index contributed by atoms with van der Waals surface area (Å²) in [5.41, 5.74) is 1.80. The van der Waals surface area contributed by atoms with Crippen molar-refractivity contribution in [3.63, 3.8) is 0 Å². The van der Waals surface area contributed by atoms with Crippen LogP contribution in [0.2, 0.25) is 0 Å². The fraction of sp³-hybridized carbons (Fsp3) is 0.421. The van der Waals surface area contributed by atoms with Gasteiger partial charge in [0.25, 0.3) is 5.91 Å². The van der Waals surface area contributed by atoms with Crippen molar-refractivity contribution >= 4 is 5.91 Å². The van der Waals surface area contributed by atoms with Gasteiger partial charge in [0.1, 0.15) is 11.5 Å². The molecule has 0 bridgehead atoms. The number of benzene rings is 1. The van der Waals surface area contributed by atoms with Gasteiger partial charge in [0.15, 0.2) is 0 Å². The first-order chi connectivity index (χ1) is 11.2. The van der Waals surface area contributed by atoms with Gasteiger partial charge in [0.05, 0.1) is 6.54 Å². The molecule has 4 heteroatoms. The molecule has 0 saturated heterocycles. The molecule has 1 fully saturated rings. The van der Waals surface area contributed by atoms with Gasteiger partial charge >= 0.3 is 0 Å². The lowest BCUT2D eigenvalue weighted by atomic mass is 10.1. The average molecular weight is 312 g/mol. The van der Waals surface area contributed by atoms with E-state index in [0.717, 1.165) is 23.0 Å². The minimum Gasteiger partial charge on any atom is -0.464 e. The average Bonchev–Trinajstić information content (AvgIpc) is 3.09. The third kappa shape index (κ3) is 4.02. The highest BCUT2D eigenvalue weighted by Gasteiger charge is 2.36. The SMILES string of the molecule is CCNC(=O)c1cccc(CNCc2ccc(C3CC3C)o2)c1. The van der Waals surface area contributed by atoms with Crippen LogP contribution < -0.4 is 10.6 Å². The first kappa shape index (κ1) is 15.8. The van der Waals surface area contributed by atoms with Crippen molar-refractivity contribution in [2.75, 3.05) is 6.54 Å². The second-order valence-electron chi connectivity index (χ2n) is 6.29. The van der Waals surface area contributed by atoms with Crippen LogP contribution >= 0.6 is 0 Å². The third-order valence-corrected chi connectivity index (χ3v) is 4.31. The van der Waals surface area contributed by atoms with Gasteiger partial charge in [-0.15, -0.1) is 0 Å². The lowest BCUT2D eigenvalue weighted by Crippen LogP contribution is -2.23. The lowest BCUT2D eigenvalue weighted by molar-refractivity contribution is 0.0955. The van der Waals surface area contributed by atoms with E-state index in [0.29, 0.717) is 31.1 Å². The number of hydrogen-bond acceptors (Lipinski definition) is 3. The molecule has 23 heavy (non-hydrogen) atoms. The Kier molecular flexibility index (Phi) is 4.82. The first-order valence-electron chi connectivity index (χ1n) is 8.34. The summed E-state index contributed by atoms with van der Waals surface area (Å²) in [6.07, 6.45) is 1.24. The minimum absolute atomic E-state index is 0.0245. The van der Waals surface area contributed by atoms with E-state index in [2.05, 4.69) is 29.7 Å². The van der Waals surface area contributed by atoms with Gasteiger partial charge < -0.3 is 15.1 Å². The number of rotatable bonds is 7. The Labute approximate surface area is 137 Å². The summed E-state index contributed by atoms with van der Waals surface area (Å²) in [5.74, 6) is 3.45. The van der Waals surface area contributed by atoms with Crippen molar-refractivity contribution in [3.8, 4) is 0 Å². The molecule has 1 aromatic heterocycles. The molecular formula is C19H24N2O2. The van der Waals surface area contributed by atoms with E-state index >= 15 is 0 Å². The summed E-state index contributed by atoms with van der Waals surface area (Å²) in [6, 6.07) is 11.9. The maximum absolute atomic E-state index is 11.8. The Hall–Kier alpha value is -2.07. The summed E-state index contributed by atoms with van der Waals surface area (Å²) in [5, 5.41) is 6.19. The van der Waals surface area contributed by atoms with E-state index in [1.165, 1.54) is 6.42 Å². The number of nitrogens with one attached hydrogen (secondary N) is 2. The molecule has 2 N–H and O–H groups in total. The van der Waals surface area contributed by atoms with Crippen molar-refractivity contribution in [1.29, 1.82) is 0 Å². The van der Waals surface area contributed by atoms with E-state index < -0.39 is 0 Å². The summed E-state index contributed by atoms with van der Waals surface area (Å²) < 4.78 is 5.88. The summed E-state index contributed by atoms with van der Waals surface area (Å²) in [7, 11) is 0. The molecule has 2 aromatic rings. The summed E-state index contributed by atoms with van der Waals surface area (Å²) >= 11 is 0. The van der Waals surface area contributed by atoms with Gasteiger partial charge in [0, 0.05) is 24.6 Å². The largest absolute Gasteiger partial charge is 0.464 e. The number of furan rings is 1. The summed E-state index contributed by atoms with van der Waals surface area (Å²) in [6.45, 7) is 6.23. The fourth-order valence-corrected chi connectivity index (χ4v) is 2.82. The van der Waals surface area contributed by atoms with E-state index in [-0.39, 0.29) is 5.91 Å². The molecule has 1 amide bonds. The topological polar surface area (TPSA) is 54.3 Å². The normalized spacial score (nSPS) is 19.6. The maximum atomic E-state index is 11.8. The van der Waals surface area contributed by atoms with Crippen LogP contribution in [0.5, 0.6) is 0 Å².